The third-order valence-electron chi connectivity index (χ3n) is 4.66. The first-order valence-corrected chi connectivity index (χ1v) is 8.19. The van der Waals surface area contributed by atoms with Gasteiger partial charge in [0.05, 0.1) is 12.5 Å². The van der Waals surface area contributed by atoms with Crippen LogP contribution in [0.25, 0.3) is 0 Å². The van der Waals surface area contributed by atoms with Crippen molar-refractivity contribution in [3.05, 3.63) is 29.8 Å². The predicted molar refractivity (Wildman–Crippen MR) is 87.5 cm³/mol. The van der Waals surface area contributed by atoms with E-state index >= 15 is 0 Å². The van der Waals surface area contributed by atoms with Gasteiger partial charge in [-0.1, -0.05) is 31.4 Å². The normalized spacial score (nSPS) is 16.6. The Morgan fingerprint density at radius 1 is 1.26 bits per heavy atom. The molecule has 1 saturated carbocycles. The van der Waals surface area contributed by atoms with E-state index in [-0.39, 0.29) is 12.5 Å². The minimum atomic E-state index is -0.787. The summed E-state index contributed by atoms with van der Waals surface area (Å²) in [5.74, 6) is -0.112. The van der Waals surface area contributed by atoms with Gasteiger partial charge in [0.1, 0.15) is 5.75 Å². The molecular formula is C18H25NO4. The smallest absolute Gasteiger partial charge is 0.311 e. The van der Waals surface area contributed by atoms with Gasteiger partial charge in [0.15, 0.2) is 0 Å². The summed E-state index contributed by atoms with van der Waals surface area (Å²) in [5.41, 5.74) is 0.259. The number of amides is 1. The Balaban J connectivity index is 1.83. The van der Waals surface area contributed by atoms with Crippen molar-refractivity contribution >= 4 is 11.9 Å². The molecule has 126 valence electrons. The highest BCUT2D eigenvalue weighted by molar-refractivity contribution is 5.79. The highest BCUT2D eigenvalue weighted by Gasteiger charge is 2.39. The predicted octanol–water partition coefficient (Wildman–Crippen LogP) is 2.78. The van der Waals surface area contributed by atoms with E-state index in [9.17, 15) is 14.7 Å². The molecule has 0 spiro atoms. The average Bonchev–Trinajstić information content (AvgIpc) is 2.59. The molecule has 2 rings (SSSR count). The van der Waals surface area contributed by atoms with Crippen LogP contribution in [0.15, 0.2) is 24.3 Å². The molecule has 1 aromatic carbocycles. The molecule has 1 aromatic rings. The number of ether oxygens (including phenoxy) is 1. The zero-order valence-corrected chi connectivity index (χ0v) is 13.6. The van der Waals surface area contributed by atoms with Gasteiger partial charge >= 0.3 is 5.97 Å². The molecule has 5 heteroatoms. The van der Waals surface area contributed by atoms with Crippen LogP contribution >= 0.6 is 0 Å². The molecule has 23 heavy (non-hydrogen) atoms. The van der Waals surface area contributed by atoms with Crippen LogP contribution in [0.4, 0.5) is 0 Å². The Hall–Kier alpha value is -2.04. The topological polar surface area (TPSA) is 75.6 Å². The van der Waals surface area contributed by atoms with Gasteiger partial charge in [-0.3, -0.25) is 9.59 Å². The third-order valence-corrected chi connectivity index (χ3v) is 4.66. The first kappa shape index (κ1) is 17.3. The van der Waals surface area contributed by atoms with Crippen LogP contribution in [0.3, 0.4) is 0 Å². The zero-order valence-electron chi connectivity index (χ0n) is 13.6. The van der Waals surface area contributed by atoms with Gasteiger partial charge in [-0.05, 0) is 37.0 Å². The standard InChI is InChI=1S/C18H25NO4/c1-23-15-7-5-6-14(12-15)8-9-16(20)19-13-18(17(21)22)10-3-2-4-11-18/h5-7,12H,2-4,8-11,13H2,1H3,(H,19,20)(H,21,22). The molecule has 1 aliphatic carbocycles. The number of carbonyl (C=O) groups is 2. The van der Waals surface area contributed by atoms with Crippen LogP contribution in [-0.2, 0) is 16.0 Å². The fourth-order valence-electron chi connectivity index (χ4n) is 3.14. The van der Waals surface area contributed by atoms with Crippen molar-refractivity contribution in [3.63, 3.8) is 0 Å². The number of carbonyl (C=O) groups excluding carboxylic acids is 1. The molecule has 0 saturated heterocycles. The largest absolute Gasteiger partial charge is 0.497 e. The van der Waals surface area contributed by atoms with Crippen LogP contribution in [0, 0.1) is 5.41 Å². The SMILES string of the molecule is COc1cccc(CCC(=O)NCC2(C(=O)O)CCCCC2)c1. The quantitative estimate of drug-likeness (QED) is 0.810. The van der Waals surface area contributed by atoms with E-state index in [4.69, 9.17) is 4.74 Å². The van der Waals surface area contributed by atoms with E-state index in [0.29, 0.717) is 25.7 Å². The highest BCUT2D eigenvalue weighted by Crippen LogP contribution is 2.36. The average molecular weight is 319 g/mol. The van der Waals surface area contributed by atoms with Crippen LogP contribution in [0.1, 0.15) is 44.1 Å². The van der Waals surface area contributed by atoms with E-state index in [0.717, 1.165) is 30.6 Å². The van der Waals surface area contributed by atoms with E-state index in [1.54, 1.807) is 7.11 Å². The molecule has 0 unspecified atom stereocenters. The molecule has 0 heterocycles. The molecule has 2 N–H and O–H groups in total. The van der Waals surface area contributed by atoms with Crippen LogP contribution in [-0.4, -0.2) is 30.6 Å². The summed E-state index contributed by atoms with van der Waals surface area (Å²) in [6.07, 6.45) is 5.19. The lowest BCUT2D eigenvalue weighted by atomic mass is 9.74. The lowest BCUT2D eigenvalue weighted by Gasteiger charge is -2.33. The molecule has 0 aliphatic heterocycles. The third kappa shape index (κ3) is 4.71. The van der Waals surface area contributed by atoms with Crippen molar-refractivity contribution in [2.24, 2.45) is 5.41 Å². The minimum absolute atomic E-state index is 0.0981. The van der Waals surface area contributed by atoms with Crippen LogP contribution in [0.5, 0.6) is 5.75 Å². The summed E-state index contributed by atoms with van der Waals surface area (Å²) in [7, 11) is 1.61. The second kappa shape index (κ2) is 7.99. The number of methoxy groups -OCH3 is 1. The molecule has 1 fully saturated rings. The lowest BCUT2D eigenvalue weighted by molar-refractivity contribution is -0.151. The van der Waals surface area contributed by atoms with Crippen molar-refractivity contribution in [1.29, 1.82) is 0 Å². The Kier molecular flexibility index (Phi) is 6.02. The van der Waals surface area contributed by atoms with Gasteiger partial charge in [-0.2, -0.15) is 0 Å². The number of aryl methyl sites for hydroxylation is 1. The fraction of sp³-hybridized carbons (Fsp3) is 0.556. The van der Waals surface area contributed by atoms with Gasteiger partial charge < -0.3 is 15.2 Å². The Morgan fingerprint density at radius 2 is 2.00 bits per heavy atom. The molecule has 1 aliphatic rings. The monoisotopic (exact) mass is 319 g/mol. The molecule has 0 aromatic heterocycles. The fourth-order valence-corrected chi connectivity index (χ4v) is 3.14. The molecule has 5 nitrogen and oxygen atoms in total. The number of carboxylic acids is 1. The number of hydrogen-bond donors (Lipinski definition) is 2. The summed E-state index contributed by atoms with van der Waals surface area (Å²) in [4.78, 5) is 23.6. The van der Waals surface area contributed by atoms with Crippen LogP contribution < -0.4 is 10.1 Å². The summed E-state index contributed by atoms with van der Waals surface area (Å²) >= 11 is 0. The van der Waals surface area contributed by atoms with Crippen molar-refractivity contribution in [2.75, 3.05) is 13.7 Å². The van der Waals surface area contributed by atoms with Gasteiger partial charge in [0, 0.05) is 13.0 Å². The Labute approximate surface area is 137 Å². The molecule has 1 amide bonds. The first-order chi connectivity index (χ1) is 11.1. The number of rotatable bonds is 7. The summed E-state index contributed by atoms with van der Waals surface area (Å²) in [6, 6.07) is 7.62. The summed E-state index contributed by atoms with van der Waals surface area (Å²) < 4.78 is 5.16. The Bertz CT molecular complexity index is 550. The first-order valence-electron chi connectivity index (χ1n) is 8.19. The molecular weight excluding hydrogens is 294 g/mol. The van der Waals surface area contributed by atoms with Crippen molar-refractivity contribution in [1.82, 2.24) is 5.32 Å². The second-order valence-electron chi connectivity index (χ2n) is 6.27. The van der Waals surface area contributed by atoms with E-state index < -0.39 is 11.4 Å². The number of carboxylic acid groups (broad SMARTS) is 1. The summed E-state index contributed by atoms with van der Waals surface area (Å²) in [6.45, 7) is 0.235. The highest BCUT2D eigenvalue weighted by atomic mass is 16.5. The lowest BCUT2D eigenvalue weighted by Crippen LogP contribution is -2.44. The maximum atomic E-state index is 12.0. The van der Waals surface area contributed by atoms with Crippen molar-refractivity contribution in [2.45, 2.75) is 44.9 Å². The van der Waals surface area contributed by atoms with Gasteiger partial charge in [0.2, 0.25) is 5.91 Å². The number of benzene rings is 1. The number of aliphatic carboxylic acids is 1. The zero-order chi connectivity index (χ0) is 16.7. The van der Waals surface area contributed by atoms with E-state index in [1.807, 2.05) is 24.3 Å². The summed E-state index contributed by atoms with van der Waals surface area (Å²) in [5, 5.41) is 12.3. The van der Waals surface area contributed by atoms with Crippen molar-refractivity contribution in [3.8, 4) is 5.75 Å². The van der Waals surface area contributed by atoms with Crippen LogP contribution in [0.2, 0.25) is 0 Å². The van der Waals surface area contributed by atoms with Gasteiger partial charge in [-0.15, -0.1) is 0 Å². The second-order valence-corrected chi connectivity index (χ2v) is 6.27. The number of hydrogen-bond acceptors (Lipinski definition) is 3. The maximum Gasteiger partial charge on any atom is 0.311 e. The molecule has 0 radical (unpaired) electrons. The maximum absolute atomic E-state index is 12.0. The Morgan fingerprint density at radius 3 is 2.65 bits per heavy atom. The number of nitrogens with one attached hydrogen (secondary N) is 1. The van der Waals surface area contributed by atoms with Gasteiger partial charge in [-0.25, -0.2) is 0 Å². The van der Waals surface area contributed by atoms with Gasteiger partial charge in [0.25, 0.3) is 0 Å². The van der Waals surface area contributed by atoms with Crippen molar-refractivity contribution < 1.29 is 19.4 Å². The minimum Gasteiger partial charge on any atom is -0.497 e. The van der Waals surface area contributed by atoms with E-state index in [1.165, 1.54) is 0 Å². The molecule has 0 bridgehead atoms. The molecule has 0 atom stereocenters. The van der Waals surface area contributed by atoms with E-state index in [2.05, 4.69) is 5.32 Å².